The molecule has 150 valence electrons. The Morgan fingerprint density at radius 1 is 0.963 bits per heavy atom. The van der Waals surface area contributed by atoms with Gasteiger partial charge in [0.15, 0.2) is 5.71 Å². The molecule has 0 N–H and O–H groups in total. The lowest BCUT2D eigenvalue weighted by molar-refractivity contribution is -0.462. The van der Waals surface area contributed by atoms with Crippen molar-refractivity contribution in [2.24, 2.45) is 17.8 Å². The summed E-state index contributed by atoms with van der Waals surface area (Å²) in [5.74, 6) is 2.02. The van der Waals surface area contributed by atoms with E-state index in [4.69, 9.17) is 11.6 Å². The summed E-state index contributed by atoms with van der Waals surface area (Å²) in [5, 5.41) is 0.295. The van der Waals surface area contributed by atoms with E-state index in [0.29, 0.717) is 17.2 Å². The Hall–Kier alpha value is -0.860. The lowest BCUT2D eigenvalue weighted by atomic mass is 9.69. The summed E-state index contributed by atoms with van der Waals surface area (Å²) in [7, 11) is 8.68. The Bertz CT molecular complexity index is 625. The molecule has 3 aliphatic carbocycles. The molecule has 27 heavy (non-hydrogen) atoms. The summed E-state index contributed by atoms with van der Waals surface area (Å²) < 4.78 is 2.18. The van der Waals surface area contributed by atoms with E-state index in [9.17, 15) is 0 Å². The average Bonchev–Trinajstić information content (AvgIpc) is 2.64. The predicted molar refractivity (Wildman–Crippen MR) is 118 cm³/mol. The van der Waals surface area contributed by atoms with Gasteiger partial charge < -0.3 is 4.90 Å². The zero-order valence-corrected chi connectivity index (χ0v) is 18.7. The first-order valence-corrected chi connectivity index (χ1v) is 11.3. The number of hydrogen-bond acceptors (Lipinski definition) is 1. The molecule has 2 nitrogen and oxygen atoms in total. The SMILES string of the molecule is CC1CCC(C(=C2C=CC(=[N+](C)C)C=C2)C2CCC(N(C)C)CC2)C(Cl)C1. The van der Waals surface area contributed by atoms with Crippen LogP contribution in [0, 0.1) is 17.8 Å². The summed E-state index contributed by atoms with van der Waals surface area (Å²) in [4.78, 5) is 2.41. The molecule has 0 spiro atoms. The lowest BCUT2D eigenvalue weighted by Gasteiger charge is -2.40. The quantitative estimate of drug-likeness (QED) is 0.469. The van der Waals surface area contributed by atoms with Crippen molar-refractivity contribution in [2.75, 3.05) is 28.2 Å². The summed E-state index contributed by atoms with van der Waals surface area (Å²) in [6.45, 7) is 2.36. The minimum Gasteiger partial charge on any atom is -0.306 e. The third-order valence-corrected chi connectivity index (χ3v) is 7.50. The molecule has 0 saturated heterocycles. The first kappa shape index (κ1) is 20.9. The molecule has 0 bridgehead atoms. The molecule has 3 atom stereocenters. The molecule has 3 heteroatoms. The fourth-order valence-electron chi connectivity index (χ4n) is 5.27. The van der Waals surface area contributed by atoms with Gasteiger partial charge in [-0.05, 0) is 88.1 Å². The van der Waals surface area contributed by atoms with Crippen LogP contribution in [0.5, 0.6) is 0 Å². The van der Waals surface area contributed by atoms with Crippen LogP contribution in [0.25, 0.3) is 0 Å². The van der Waals surface area contributed by atoms with Crippen LogP contribution in [0.15, 0.2) is 35.5 Å². The van der Waals surface area contributed by atoms with Crippen LogP contribution in [-0.4, -0.2) is 54.8 Å². The van der Waals surface area contributed by atoms with E-state index in [-0.39, 0.29) is 0 Å². The first-order chi connectivity index (χ1) is 12.9. The van der Waals surface area contributed by atoms with Crippen LogP contribution in [0.2, 0.25) is 0 Å². The van der Waals surface area contributed by atoms with Crippen LogP contribution in [-0.2, 0) is 0 Å². The van der Waals surface area contributed by atoms with Gasteiger partial charge >= 0.3 is 0 Å². The minimum atomic E-state index is 0.295. The Balaban J connectivity index is 1.89. The van der Waals surface area contributed by atoms with Crippen molar-refractivity contribution in [3.8, 4) is 0 Å². The standard InChI is InChI=1S/C24H38ClN2/c1-17-6-15-22(23(25)16-17)24(18-7-11-20(12-8-18)26(2)3)19-9-13-21(14-10-19)27(4)5/h7-8,11-12,17,19,21-23H,6,9-10,13-16H2,1-5H3/q+1. The van der Waals surface area contributed by atoms with Crippen molar-refractivity contribution in [3.63, 3.8) is 0 Å². The number of rotatable bonds is 3. The molecule has 0 amide bonds. The first-order valence-electron chi connectivity index (χ1n) is 10.8. The molecule has 0 aromatic rings. The number of nitrogens with zero attached hydrogens (tertiary/aromatic N) is 2. The molecule has 3 rings (SSSR count). The zero-order chi connectivity index (χ0) is 19.6. The highest BCUT2D eigenvalue weighted by atomic mass is 35.5. The van der Waals surface area contributed by atoms with Crippen molar-refractivity contribution < 1.29 is 4.58 Å². The molecule has 3 unspecified atom stereocenters. The van der Waals surface area contributed by atoms with Crippen LogP contribution in [0.4, 0.5) is 0 Å². The maximum Gasteiger partial charge on any atom is 0.199 e. The summed E-state index contributed by atoms with van der Waals surface area (Å²) in [5.41, 5.74) is 4.39. The second-order valence-electron chi connectivity index (χ2n) is 9.41. The maximum atomic E-state index is 6.96. The summed E-state index contributed by atoms with van der Waals surface area (Å²) >= 11 is 6.96. The minimum absolute atomic E-state index is 0.295. The number of halogens is 1. The van der Waals surface area contributed by atoms with Gasteiger partial charge in [-0.1, -0.05) is 18.9 Å². The van der Waals surface area contributed by atoms with E-state index in [2.05, 4.69) is 68.9 Å². The van der Waals surface area contributed by atoms with Crippen LogP contribution in [0.1, 0.15) is 51.9 Å². The maximum absolute atomic E-state index is 6.96. The largest absolute Gasteiger partial charge is 0.306 e. The lowest BCUT2D eigenvalue weighted by Crippen LogP contribution is -2.35. The van der Waals surface area contributed by atoms with Gasteiger partial charge in [0.1, 0.15) is 14.1 Å². The van der Waals surface area contributed by atoms with Crippen molar-refractivity contribution in [2.45, 2.75) is 63.3 Å². The van der Waals surface area contributed by atoms with E-state index in [1.54, 1.807) is 5.57 Å². The predicted octanol–water partition coefficient (Wildman–Crippen LogP) is 5.29. The van der Waals surface area contributed by atoms with Gasteiger partial charge in [-0.3, -0.25) is 0 Å². The van der Waals surface area contributed by atoms with Gasteiger partial charge in [-0.25, -0.2) is 4.58 Å². The van der Waals surface area contributed by atoms with Gasteiger partial charge in [0, 0.05) is 23.6 Å². The molecule has 0 aromatic heterocycles. The molecular weight excluding hydrogens is 352 g/mol. The Morgan fingerprint density at radius 2 is 1.59 bits per heavy atom. The number of allylic oxidation sites excluding steroid dienone is 6. The fraction of sp³-hybridized carbons (Fsp3) is 0.708. The average molecular weight is 390 g/mol. The molecule has 2 saturated carbocycles. The monoisotopic (exact) mass is 389 g/mol. The van der Waals surface area contributed by atoms with Crippen molar-refractivity contribution >= 4 is 17.3 Å². The van der Waals surface area contributed by atoms with E-state index in [0.717, 1.165) is 12.0 Å². The summed E-state index contributed by atoms with van der Waals surface area (Å²) in [6, 6.07) is 0.747. The highest BCUT2D eigenvalue weighted by Gasteiger charge is 2.36. The summed E-state index contributed by atoms with van der Waals surface area (Å²) in [6.07, 6.45) is 18.2. The molecule has 3 aliphatic rings. The van der Waals surface area contributed by atoms with E-state index < -0.39 is 0 Å². The van der Waals surface area contributed by atoms with Crippen LogP contribution < -0.4 is 0 Å². The molecule has 2 fully saturated rings. The molecule has 0 radical (unpaired) electrons. The van der Waals surface area contributed by atoms with Crippen molar-refractivity contribution in [3.05, 3.63) is 35.5 Å². The van der Waals surface area contributed by atoms with E-state index in [1.165, 1.54) is 56.2 Å². The highest BCUT2D eigenvalue weighted by molar-refractivity contribution is 6.21. The van der Waals surface area contributed by atoms with Gasteiger partial charge in [-0.2, -0.15) is 0 Å². The van der Waals surface area contributed by atoms with Crippen molar-refractivity contribution in [1.82, 2.24) is 4.90 Å². The van der Waals surface area contributed by atoms with Crippen LogP contribution in [0.3, 0.4) is 0 Å². The normalized spacial score (nSPS) is 34.3. The van der Waals surface area contributed by atoms with Gasteiger partial charge in [0.2, 0.25) is 0 Å². The zero-order valence-electron chi connectivity index (χ0n) is 17.9. The second-order valence-corrected chi connectivity index (χ2v) is 9.97. The second kappa shape index (κ2) is 9.09. The third-order valence-electron chi connectivity index (χ3n) is 7.02. The van der Waals surface area contributed by atoms with E-state index >= 15 is 0 Å². The number of alkyl halides is 1. The fourth-order valence-corrected chi connectivity index (χ4v) is 5.84. The highest BCUT2D eigenvalue weighted by Crippen LogP contribution is 2.45. The van der Waals surface area contributed by atoms with E-state index in [1.807, 2.05) is 0 Å². The molecule has 0 heterocycles. The Morgan fingerprint density at radius 3 is 2.11 bits per heavy atom. The van der Waals surface area contributed by atoms with Crippen LogP contribution >= 0.6 is 11.6 Å². The number of hydrogen-bond donors (Lipinski definition) is 0. The Labute approximate surface area is 171 Å². The molecule has 0 aromatic carbocycles. The van der Waals surface area contributed by atoms with Crippen molar-refractivity contribution in [1.29, 1.82) is 0 Å². The smallest absolute Gasteiger partial charge is 0.199 e. The Kier molecular flexibility index (Phi) is 7.03. The topological polar surface area (TPSA) is 6.25 Å². The van der Waals surface area contributed by atoms with Gasteiger partial charge in [-0.15, -0.1) is 11.6 Å². The molecular formula is C24H38ClN2+. The van der Waals surface area contributed by atoms with Gasteiger partial charge in [0.05, 0.1) is 0 Å². The third kappa shape index (κ3) is 4.95. The molecule has 0 aliphatic heterocycles. The van der Waals surface area contributed by atoms with Gasteiger partial charge in [0.25, 0.3) is 0 Å².